The molecule has 0 aliphatic rings. The molecule has 0 radical (unpaired) electrons. The predicted molar refractivity (Wildman–Crippen MR) is 108 cm³/mol. The van der Waals surface area contributed by atoms with Crippen molar-refractivity contribution in [3.8, 4) is 11.5 Å². The predicted octanol–water partition coefficient (Wildman–Crippen LogP) is 4.46. The van der Waals surface area contributed by atoms with E-state index < -0.39 is 0 Å². The molecule has 28 heavy (non-hydrogen) atoms. The SMILES string of the molecule is Cc1nn(C)c2nc(-c3ccco3)cc(C(=O)N(C)Cc3ccccc3Cl)c12. The van der Waals surface area contributed by atoms with Crippen LogP contribution < -0.4 is 0 Å². The number of furan rings is 1. The molecular formula is C21H19ClN4O2. The number of rotatable bonds is 4. The fourth-order valence-corrected chi connectivity index (χ4v) is 3.52. The summed E-state index contributed by atoms with van der Waals surface area (Å²) in [6, 6.07) is 12.9. The maximum absolute atomic E-state index is 13.3. The molecule has 4 aromatic rings. The van der Waals surface area contributed by atoms with E-state index in [2.05, 4.69) is 10.1 Å². The first-order chi connectivity index (χ1) is 13.5. The second kappa shape index (κ2) is 7.13. The van der Waals surface area contributed by atoms with Crippen LogP contribution in [0.5, 0.6) is 0 Å². The van der Waals surface area contributed by atoms with Crippen molar-refractivity contribution in [3.05, 3.63) is 70.6 Å². The summed E-state index contributed by atoms with van der Waals surface area (Å²) in [6.45, 7) is 2.28. The van der Waals surface area contributed by atoms with Crippen LogP contribution in [0.25, 0.3) is 22.5 Å². The summed E-state index contributed by atoms with van der Waals surface area (Å²) in [7, 11) is 3.58. The summed E-state index contributed by atoms with van der Waals surface area (Å²) in [6.07, 6.45) is 1.58. The van der Waals surface area contributed by atoms with Crippen molar-refractivity contribution in [2.24, 2.45) is 7.05 Å². The van der Waals surface area contributed by atoms with E-state index in [0.717, 1.165) is 16.6 Å². The van der Waals surface area contributed by atoms with Crippen LogP contribution in [0.1, 0.15) is 21.6 Å². The largest absolute Gasteiger partial charge is 0.463 e. The van der Waals surface area contributed by atoms with E-state index >= 15 is 0 Å². The molecule has 0 N–H and O–H groups in total. The maximum atomic E-state index is 13.3. The summed E-state index contributed by atoms with van der Waals surface area (Å²) in [5.74, 6) is 0.472. The molecule has 3 heterocycles. The highest BCUT2D eigenvalue weighted by atomic mass is 35.5. The minimum atomic E-state index is -0.128. The van der Waals surface area contributed by atoms with Gasteiger partial charge in [-0.05, 0) is 36.8 Å². The summed E-state index contributed by atoms with van der Waals surface area (Å²) in [4.78, 5) is 19.6. The van der Waals surface area contributed by atoms with E-state index in [1.54, 1.807) is 35.0 Å². The van der Waals surface area contributed by atoms with E-state index in [4.69, 9.17) is 16.0 Å². The molecule has 142 valence electrons. The monoisotopic (exact) mass is 394 g/mol. The summed E-state index contributed by atoms with van der Waals surface area (Å²) in [5, 5.41) is 5.82. The molecule has 0 saturated carbocycles. The van der Waals surface area contributed by atoms with Crippen LogP contribution in [-0.2, 0) is 13.6 Å². The number of pyridine rings is 1. The second-order valence-corrected chi connectivity index (χ2v) is 7.10. The molecule has 0 aliphatic heterocycles. The van der Waals surface area contributed by atoms with Crippen LogP contribution in [-0.4, -0.2) is 32.6 Å². The van der Waals surface area contributed by atoms with E-state index in [9.17, 15) is 4.79 Å². The van der Waals surface area contributed by atoms with Gasteiger partial charge in [0.25, 0.3) is 5.91 Å². The van der Waals surface area contributed by atoms with Gasteiger partial charge in [0.2, 0.25) is 0 Å². The molecule has 1 aromatic carbocycles. The van der Waals surface area contributed by atoms with E-state index in [1.807, 2.05) is 44.3 Å². The maximum Gasteiger partial charge on any atom is 0.254 e. The Kier molecular flexibility index (Phi) is 4.65. The van der Waals surface area contributed by atoms with Crippen LogP contribution in [0.2, 0.25) is 5.02 Å². The number of hydrogen-bond acceptors (Lipinski definition) is 4. The average molecular weight is 395 g/mol. The second-order valence-electron chi connectivity index (χ2n) is 6.69. The molecule has 4 rings (SSSR count). The van der Waals surface area contributed by atoms with Crippen molar-refractivity contribution in [2.45, 2.75) is 13.5 Å². The molecule has 6 nitrogen and oxygen atoms in total. The quantitative estimate of drug-likeness (QED) is 0.512. The Balaban J connectivity index is 1.80. The minimum Gasteiger partial charge on any atom is -0.463 e. The Labute approximate surface area is 167 Å². The van der Waals surface area contributed by atoms with Crippen molar-refractivity contribution in [2.75, 3.05) is 7.05 Å². The molecule has 3 aromatic heterocycles. The normalized spacial score (nSPS) is 11.1. The molecule has 0 atom stereocenters. The summed E-state index contributed by atoms with van der Waals surface area (Å²) < 4.78 is 7.17. The highest BCUT2D eigenvalue weighted by Gasteiger charge is 2.22. The summed E-state index contributed by atoms with van der Waals surface area (Å²) in [5.41, 5.74) is 3.41. The fraction of sp³-hybridized carbons (Fsp3) is 0.190. The van der Waals surface area contributed by atoms with Gasteiger partial charge < -0.3 is 9.32 Å². The first-order valence-corrected chi connectivity index (χ1v) is 9.20. The third-order valence-electron chi connectivity index (χ3n) is 4.68. The van der Waals surface area contributed by atoms with Crippen molar-refractivity contribution in [1.82, 2.24) is 19.7 Å². The molecule has 0 saturated heterocycles. The van der Waals surface area contributed by atoms with Gasteiger partial charge in [-0.3, -0.25) is 9.48 Å². The summed E-state index contributed by atoms with van der Waals surface area (Å²) >= 11 is 6.26. The van der Waals surface area contributed by atoms with Crippen molar-refractivity contribution in [3.63, 3.8) is 0 Å². The lowest BCUT2D eigenvalue weighted by atomic mass is 10.1. The topological polar surface area (TPSA) is 64.2 Å². The first kappa shape index (κ1) is 18.3. The van der Waals surface area contributed by atoms with Gasteiger partial charge in [0.05, 0.1) is 22.9 Å². The average Bonchev–Trinajstić information content (AvgIpc) is 3.31. The van der Waals surface area contributed by atoms with Crippen LogP contribution in [0, 0.1) is 6.92 Å². The number of carbonyl (C=O) groups is 1. The van der Waals surface area contributed by atoms with Gasteiger partial charge in [-0.1, -0.05) is 29.8 Å². The number of fused-ring (bicyclic) bond motifs is 1. The number of hydrogen-bond donors (Lipinski definition) is 0. The Morgan fingerprint density at radius 2 is 2.04 bits per heavy atom. The lowest BCUT2D eigenvalue weighted by Gasteiger charge is -2.19. The van der Waals surface area contributed by atoms with Crippen LogP contribution in [0.15, 0.2) is 53.1 Å². The number of halogens is 1. The fourth-order valence-electron chi connectivity index (χ4n) is 3.32. The van der Waals surface area contributed by atoms with E-state index in [0.29, 0.717) is 34.2 Å². The van der Waals surface area contributed by atoms with Gasteiger partial charge in [0.15, 0.2) is 11.4 Å². The Morgan fingerprint density at radius 3 is 2.75 bits per heavy atom. The molecule has 1 amide bonds. The molecule has 0 fully saturated rings. The minimum absolute atomic E-state index is 0.128. The number of nitrogens with zero attached hydrogens (tertiary/aromatic N) is 4. The molecule has 0 spiro atoms. The highest BCUT2D eigenvalue weighted by molar-refractivity contribution is 6.31. The van der Waals surface area contributed by atoms with Crippen molar-refractivity contribution < 1.29 is 9.21 Å². The number of benzene rings is 1. The smallest absolute Gasteiger partial charge is 0.254 e. The molecule has 0 unspecified atom stereocenters. The van der Waals surface area contributed by atoms with Gasteiger partial charge in [-0.15, -0.1) is 0 Å². The van der Waals surface area contributed by atoms with E-state index in [1.165, 1.54) is 0 Å². The Morgan fingerprint density at radius 1 is 1.25 bits per heavy atom. The van der Waals surface area contributed by atoms with Crippen molar-refractivity contribution >= 4 is 28.5 Å². The van der Waals surface area contributed by atoms with Gasteiger partial charge in [-0.25, -0.2) is 4.98 Å². The van der Waals surface area contributed by atoms with Crippen LogP contribution >= 0.6 is 11.6 Å². The first-order valence-electron chi connectivity index (χ1n) is 8.83. The number of amides is 1. The lowest BCUT2D eigenvalue weighted by molar-refractivity contribution is 0.0787. The molecular weight excluding hydrogens is 376 g/mol. The standard InChI is InChI=1S/C21H19ClN4O2/c1-13-19-15(21(27)25(2)12-14-7-4-5-8-16(14)22)11-17(18-9-6-10-28-18)23-20(19)26(3)24-13/h4-11H,12H2,1-3H3. The lowest BCUT2D eigenvalue weighted by Crippen LogP contribution is -2.26. The third kappa shape index (κ3) is 3.16. The Hall–Kier alpha value is -3.12. The molecule has 0 aliphatic carbocycles. The number of carbonyl (C=O) groups excluding carboxylic acids is 1. The van der Waals surface area contributed by atoms with Gasteiger partial charge in [0.1, 0.15) is 5.69 Å². The van der Waals surface area contributed by atoms with Gasteiger partial charge in [0, 0.05) is 25.7 Å². The zero-order chi connectivity index (χ0) is 19.8. The third-order valence-corrected chi connectivity index (χ3v) is 5.05. The molecule has 0 bridgehead atoms. The zero-order valence-corrected chi connectivity index (χ0v) is 16.6. The van der Waals surface area contributed by atoms with Gasteiger partial charge in [-0.2, -0.15) is 5.10 Å². The molecule has 7 heteroatoms. The van der Waals surface area contributed by atoms with E-state index in [-0.39, 0.29) is 5.91 Å². The van der Waals surface area contributed by atoms with Gasteiger partial charge >= 0.3 is 0 Å². The Bertz CT molecular complexity index is 1160. The number of aromatic nitrogens is 3. The highest BCUT2D eigenvalue weighted by Crippen LogP contribution is 2.28. The van der Waals surface area contributed by atoms with Crippen LogP contribution in [0.3, 0.4) is 0 Å². The zero-order valence-electron chi connectivity index (χ0n) is 15.8. The van der Waals surface area contributed by atoms with Crippen molar-refractivity contribution in [1.29, 1.82) is 0 Å². The van der Waals surface area contributed by atoms with Crippen LogP contribution in [0.4, 0.5) is 0 Å². The number of aryl methyl sites for hydroxylation is 2.